The highest BCUT2D eigenvalue weighted by atomic mass is 16.4. The van der Waals surface area contributed by atoms with Crippen molar-refractivity contribution in [2.75, 3.05) is 6.54 Å². The molecule has 0 heterocycles. The van der Waals surface area contributed by atoms with Gasteiger partial charge in [-0.05, 0) is 39.2 Å². The quantitative estimate of drug-likeness (QED) is 0.327. The number of nitrogens with one attached hydrogen (secondary N) is 2. The molecule has 0 saturated heterocycles. The molecule has 0 aliphatic carbocycles. The molecular formula is C13H23N3O6. The lowest BCUT2D eigenvalue weighted by Gasteiger charge is -2.18. The van der Waals surface area contributed by atoms with Gasteiger partial charge in [0.1, 0.15) is 17.9 Å². The number of Topliss-reactive ketones (excluding diaryl/α,β-unsaturated/α-hetero) is 1. The Hall–Kier alpha value is -2.16. The molecule has 6 N–H and O–H groups in total. The standard InChI is InChI=1S/C13H23N3O6/c1-8(17)5-6-10(12(20)21)16-13(22)15-9(11(18)19)4-2-3-7-14/h9-10H,2-7,14H2,1H3,(H,18,19)(H,20,21)(H2,15,16,22)/t9-,10-/m0/s1. The third-order valence-corrected chi connectivity index (χ3v) is 2.94. The smallest absolute Gasteiger partial charge is 0.326 e. The predicted molar refractivity (Wildman–Crippen MR) is 77.3 cm³/mol. The van der Waals surface area contributed by atoms with Crippen LogP contribution in [0.5, 0.6) is 0 Å². The third-order valence-electron chi connectivity index (χ3n) is 2.94. The molecule has 22 heavy (non-hydrogen) atoms. The Balaban J connectivity index is 4.47. The molecule has 2 amide bonds. The van der Waals surface area contributed by atoms with Crippen LogP contribution in [0.2, 0.25) is 0 Å². The minimum absolute atomic E-state index is 0.0100. The fourth-order valence-corrected chi connectivity index (χ4v) is 1.71. The summed E-state index contributed by atoms with van der Waals surface area (Å²) in [5.74, 6) is -2.69. The number of carboxylic acid groups (broad SMARTS) is 2. The number of carbonyl (C=O) groups excluding carboxylic acids is 2. The SMILES string of the molecule is CC(=O)CC[C@H](NC(=O)N[C@@H](CCCCN)C(=O)O)C(=O)O. The maximum Gasteiger partial charge on any atom is 0.326 e. The van der Waals surface area contributed by atoms with Crippen molar-refractivity contribution < 1.29 is 29.4 Å². The molecule has 0 aromatic carbocycles. The Morgan fingerprint density at radius 3 is 1.86 bits per heavy atom. The molecule has 0 rings (SSSR count). The van der Waals surface area contributed by atoms with Gasteiger partial charge in [-0.15, -0.1) is 0 Å². The fraction of sp³-hybridized carbons (Fsp3) is 0.692. The number of amides is 2. The highest BCUT2D eigenvalue weighted by Gasteiger charge is 2.24. The van der Waals surface area contributed by atoms with Crippen LogP contribution >= 0.6 is 0 Å². The van der Waals surface area contributed by atoms with Crippen molar-refractivity contribution in [3.05, 3.63) is 0 Å². The van der Waals surface area contributed by atoms with Gasteiger partial charge < -0.3 is 31.4 Å². The third kappa shape index (κ3) is 8.90. The fourth-order valence-electron chi connectivity index (χ4n) is 1.71. The van der Waals surface area contributed by atoms with Gasteiger partial charge in [-0.1, -0.05) is 0 Å². The van der Waals surface area contributed by atoms with Crippen LogP contribution in [0.4, 0.5) is 4.79 Å². The van der Waals surface area contributed by atoms with Crippen LogP contribution in [0.25, 0.3) is 0 Å². The van der Waals surface area contributed by atoms with E-state index >= 15 is 0 Å². The van der Waals surface area contributed by atoms with E-state index in [9.17, 15) is 19.2 Å². The van der Waals surface area contributed by atoms with Crippen molar-refractivity contribution in [1.29, 1.82) is 0 Å². The Morgan fingerprint density at radius 1 is 0.955 bits per heavy atom. The molecule has 0 aromatic rings. The van der Waals surface area contributed by atoms with Gasteiger partial charge >= 0.3 is 18.0 Å². The summed E-state index contributed by atoms with van der Waals surface area (Å²) in [6.07, 6.45) is 1.31. The predicted octanol–water partition coefficient (Wildman–Crippen LogP) is -0.310. The van der Waals surface area contributed by atoms with Crippen molar-refractivity contribution in [2.24, 2.45) is 5.73 Å². The maximum absolute atomic E-state index is 11.7. The minimum atomic E-state index is -1.29. The van der Waals surface area contributed by atoms with Crippen molar-refractivity contribution in [2.45, 2.75) is 51.1 Å². The Bertz CT molecular complexity index is 413. The molecule has 2 atom stereocenters. The number of carbonyl (C=O) groups is 4. The number of aliphatic carboxylic acids is 2. The summed E-state index contributed by atoms with van der Waals surface area (Å²) in [6, 6.07) is -3.26. The Kier molecular flexibility index (Phi) is 9.51. The number of hydrogen-bond donors (Lipinski definition) is 5. The van der Waals surface area contributed by atoms with Crippen LogP contribution in [0.3, 0.4) is 0 Å². The molecule has 0 bridgehead atoms. The summed E-state index contributed by atoms with van der Waals surface area (Å²) in [5, 5.41) is 22.3. The van der Waals surface area contributed by atoms with E-state index in [1.165, 1.54) is 6.92 Å². The lowest BCUT2D eigenvalue weighted by molar-refractivity contribution is -0.139. The van der Waals surface area contributed by atoms with Gasteiger partial charge in [0.2, 0.25) is 0 Å². The van der Waals surface area contributed by atoms with E-state index in [0.29, 0.717) is 19.4 Å². The molecule has 0 fully saturated rings. The molecule has 126 valence electrons. The summed E-state index contributed by atoms with van der Waals surface area (Å²) in [4.78, 5) is 44.6. The Morgan fingerprint density at radius 2 is 1.45 bits per heavy atom. The van der Waals surface area contributed by atoms with Crippen LogP contribution < -0.4 is 16.4 Å². The van der Waals surface area contributed by atoms with Crippen molar-refractivity contribution in [3.8, 4) is 0 Å². The zero-order valence-electron chi connectivity index (χ0n) is 12.5. The average molecular weight is 317 g/mol. The van der Waals surface area contributed by atoms with Gasteiger partial charge in [-0.3, -0.25) is 0 Å². The summed E-state index contributed by atoms with van der Waals surface area (Å²) in [5.41, 5.74) is 5.31. The van der Waals surface area contributed by atoms with E-state index in [2.05, 4.69) is 10.6 Å². The van der Waals surface area contributed by atoms with Crippen molar-refractivity contribution in [1.82, 2.24) is 10.6 Å². The van der Waals surface area contributed by atoms with E-state index in [1.807, 2.05) is 0 Å². The first-order valence-electron chi connectivity index (χ1n) is 7.00. The molecule has 0 aliphatic rings. The average Bonchev–Trinajstić information content (AvgIpc) is 2.41. The van der Waals surface area contributed by atoms with Gasteiger partial charge in [0.05, 0.1) is 0 Å². The second-order valence-electron chi connectivity index (χ2n) is 4.92. The van der Waals surface area contributed by atoms with Crippen LogP contribution in [0.15, 0.2) is 0 Å². The van der Waals surface area contributed by atoms with E-state index in [0.717, 1.165) is 0 Å². The largest absolute Gasteiger partial charge is 0.480 e. The van der Waals surface area contributed by atoms with E-state index in [4.69, 9.17) is 15.9 Å². The Labute approximate surface area is 128 Å². The van der Waals surface area contributed by atoms with Gasteiger partial charge in [-0.2, -0.15) is 0 Å². The molecular weight excluding hydrogens is 294 g/mol. The zero-order valence-corrected chi connectivity index (χ0v) is 12.5. The number of nitrogens with two attached hydrogens (primary N) is 1. The lowest BCUT2D eigenvalue weighted by Crippen LogP contribution is -2.51. The summed E-state index contributed by atoms with van der Waals surface area (Å²) < 4.78 is 0. The molecule has 0 aliphatic heterocycles. The highest BCUT2D eigenvalue weighted by molar-refractivity contribution is 5.86. The molecule has 0 unspecified atom stereocenters. The lowest BCUT2D eigenvalue weighted by atomic mass is 10.1. The van der Waals surface area contributed by atoms with Crippen molar-refractivity contribution in [3.63, 3.8) is 0 Å². The summed E-state index contributed by atoms with van der Waals surface area (Å²) in [7, 11) is 0. The highest BCUT2D eigenvalue weighted by Crippen LogP contribution is 2.02. The molecule has 0 saturated carbocycles. The summed E-state index contributed by atoms with van der Waals surface area (Å²) >= 11 is 0. The second-order valence-corrected chi connectivity index (χ2v) is 4.92. The topological polar surface area (TPSA) is 159 Å². The number of rotatable bonds is 11. The van der Waals surface area contributed by atoms with E-state index in [-0.39, 0.29) is 25.0 Å². The first-order valence-corrected chi connectivity index (χ1v) is 7.00. The summed E-state index contributed by atoms with van der Waals surface area (Å²) in [6.45, 7) is 1.74. The molecule has 9 heteroatoms. The molecule has 0 spiro atoms. The maximum atomic E-state index is 11.7. The van der Waals surface area contributed by atoms with Gasteiger partial charge in [0.15, 0.2) is 0 Å². The molecule has 0 aromatic heterocycles. The molecule has 0 radical (unpaired) electrons. The minimum Gasteiger partial charge on any atom is -0.480 e. The normalized spacial score (nSPS) is 13.0. The molecule has 9 nitrogen and oxygen atoms in total. The first-order chi connectivity index (χ1) is 10.3. The number of carboxylic acids is 2. The number of hydrogen-bond acceptors (Lipinski definition) is 5. The number of ketones is 1. The zero-order chi connectivity index (χ0) is 17.1. The number of unbranched alkanes of at least 4 members (excludes halogenated alkanes) is 1. The van der Waals surface area contributed by atoms with E-state index in [1.54, 1.807) is 0 Å². The van der Waals surface area contributed by atoms with Crippen LogP contribution in [0, 0.1) is 0 Å². The van der Waals surface area contributed by atoms with Gasteiger partial charge in [0.25, 0.3) is 0 Å². The van der Waals surface area contributed by atoms with Gasteiger partial charge in [-0.25, -0.2) is 14.4 Å². The van der Waals surface area contributed by atoms with Crippen molar-refractivity contribution >= 4 is 23.8 Å². The first kappa shape index (κ1) is 19.8. The van der Waals surface area contributed by atoms with Crippen LogP contribution in [-0.4, -0.2) is 52.6 Å². The number of urea groups is 1. The van der Waals surface area contributed by atoms with E-state index < -0.39 is 30.1 Å². The monoisotopic (exact) mass is 317 g/mol. The van der Waals surface area contributed by atoms with Gasteiger partial charge in [0, 0.05) is 6.42 Å². The van der Waals surface area contributed by atoms with Crippen LogP contribution in [-0.2, 0) is 14.4 Å². The second kappa shape index (κ2) is 10.6. The van der Waals surface area contributed by atoms with Crippen LogP contribution in [0.1, 0.15) is 39.0 Å².